The molecule has 0 bridgehead atoms. The Bertz CT molecular complexity index is 1020. The van der Waals surface area contributed by atoms with Crippen molar-refractivity contribution in [1.82, 2.24) is 4.57 Å². The molecule has 6 nitrogen and oxygen atoms in total. The summed E-state index contributed by atoms with van der Waals surface area (Å²) in [4.78, 5) is 28.9. The number of esters is 1. The first-order valence-corrected chi connectivity index (χ1v) is 9.28. The van der Waals surface area contributed by atoms with Crippen LogP contribution in [-0.4, -0.2) is 30.7 Å². The van der Waals surface area contributed by atoms with Crippen LogP contribution in [0.1, 0.15) is 12.0 Å². The lowest BCUT2D eigenvalue weighted by Crippen LogP contribution is -2.19. The van der Waals surface area contributed by atoms with E-state index >= 15 is 0 Å². The van der Waals surface area contributed by atoms with E-state index in [1.165, 1.54) is 18.4 Å². The van der Waals surface area contributed by atoms with E-state index < -0.39 is 0 Å². The molecule has 0 atom stereocenters. The summed E-state index contributed by atoms with van der Waals surface area (Å²) in [5, 5.41) is 0. The van der Waals surface area contributed by atoms with Crippen LogP contribution in [0.2, 0.25) is 0 Å². The highest BCUT2D eigenvalue weighted by atomic mass is 32.1. The van der Waals surface area contributed by atoms with E-state index in [0.29, 0.717) is 17.1 Å². The van der Waals surface area contributed by atoms with Gasteiger partial charge in [0.05, 0.1) is 37.3 Å². The van der Waals surface area contributed by atoms with Gasteiger partial charge in [0.25, 0.3) is 5.91 Å². The second-order valence-corrected chi connectivity index (χ2v) is 6.87. The summed E-state index contributed by atoms with van der Waals surface area (Å²) in [5.74, 6) is 0.159. The van der Waals surface area contributed by atoms with Crippen LogP contribution < -0.4 is 9.54 Å². The maximum absolute atomic E-state index is 12.4. The van der Waals surface area contributed by atoms with Gasteiger partial charge in [0.1, 0.15) is 5.75 Å². The summed E-state index contributed by atoms with van der Waals surface area (Å²) >= 11 is 1.41. The van der Waals surface area contributed by atoms with Crippen molar-refractivity contribution in [3.63, 3.8) is 0 Å². The van der Waals surface area contributed by atoms with Crippen molar-refractivity contribution in [3.05, 3.63) is 58.9 Å². The van der Waals surface area contributed by atoms with Crippen molar-refractivity contribution in [3.8, 4) is 5.75 Å². The number of aromatic nitrogens is 1. The van der Waals surface area contributed by atoms with Crippen molar-refractivity contribution in [1.29, 1.82) is 0 Å². The topological polar surface area (TPSA) is 69.9 Å². The monoisotopic (exact) mass is 384 g/mol. The van der Waals surface area contributed by atoms with Crippen LogP contribution in [0.3, 0.4) is 0 Å². The van der Waals surface area contributed by atoms with Crippen LogP contribution in [0.25, 0.3) is 10.2 Å². The highest BCUT2D eigenvalue weighted by Gasteiger charge is 2.11. The molecule has 3 rings (SSSR count). The minimum Gasteiger partial charge on any atom is -0.497 e. The zero-order chi connectivity index (χ0) is 19.2. The number of aryl methyl sites for hydroxylation is 1. The molecule has 7 heteroatoms. The summed E-state index contributed by atoms with van der Waals surface area (Å²) in [6, 6.07) is 15.2. The Morgan fingerprint density at radius 2 is 1.89 bits per heavy atom. The minimum absolute atomic E-state index is 0.194. The van der Waals surface area contributed by atoms with Gasteiger partial charge in [-0.2, -0.15) is 4.99 Å². The molecule has 0 aliphatic heterocycles. The summed E-state index contributed by atoms with van der Waals surface area (Å²) in [5.41, 5.74) is 1.78. The fourth-order valence-corrected chi connectivity index (χ4v) is 3.75. The van der Waals surface area contributed by atoms with E-state index in [2.05, 4.69) is 4.99 Å². The number of amides is 1. The largest absolute Gasteiger partial charge is 0.497 e. The molecular formula is C20H20N2O4S. The third-order valence-corrected chi connectivity index (χ3v) is 5.13. The molecule has 2 aromatic carbocycles. The first-order chi connectivity index (χ1) is 13.1. The van der Waals surface area contributed by atoms with Crippen molar-refractivity contribution >= 4 is 33.4 Å². The van der Waals surface area contributed by atoms with Crippen molar-refractivity contribution in [2.24, 2.45) is 4.99 Å². The lowest BCUT2D eigenvalue weighted by molar-refractivity contribution is -0.140. The van der Waals surface area contributed by atoms with Crippen molar-refractivity contribution in [2.45, 2.75) is 19.4 Å². The van der Waals surface area contributed by atoms with E-state index in [4.69, 9.17) is 9.47 Å². The van der Waals surface area contributed by atoms with Crippen LogP contribution in [-0.2, 0) is 27.3 Å². The number of fused-ring (bicyclic) bond motifs is 1. The van der Waals surface area contributed by atoms with Gasteiger partial charge in [-0.1, -0.05) is 41.7 Å². The van der Waals surface area contributed by atoms with E-state index in [1.807, 2.05) is 53.1 Å². The highest BCUT2D eigenvalue weighted by molar-refractivity contribution is 7.16. The Labute approximate surface area is 160 Å². The molecule has 1 amide bonds. The Kier molecular flexibility index (Phi) is 6.03. The Morgan fingerprint density at radius 3 is 2.59 bits per heavy atom. The molecule has 140 valence electrons. The Hall–Kier alpha value is -2.93. The fraction of sp³-hybridized carbons (Fsp3) is 0.250. The van der Waals surface area contributed by atoms with Crippen molar-refractivity contribution in [2.75, 3.05) is 14.2 Å². The number of methoxy groups -OCH3 is 2. The quantitative estimate of drug-likeness (QED) is 0.613. The average molecular weight is 384 g/mol. The zero-order valence-corrected chi connectivity index (χ0v) is 16.0. The van der Waals surface area contributed by atoms with Crippen molar-refractivity contribution < 1.29 is 19.1 Å². The van der Waals surface area contributed by atoms with Crippen LogP contribution in [0.15, 0.2) is 53.5 Å². The van der Waals surface area contributed by atoms with Gasteiger partial charge >= 0.3 is 5.97 Å². The number of hydrogen-bond donors (Lipinski definition) is 0. The summed E-state index contributed by atoms with van der Waals surface area (Å²) < 4.78 is 12.9. The molecule has 0 aliphatic rings. The van der Waals surface area contributed by atoms with Crippen LogP contribution in [0, 0.1) is 0 Å². The predicted octanol–water partition coefficient (Wildman–Crippen LogP) is 2.94. The minimum atomic E-state index is -0.314. The number of rotatable bonds is 6. The number of carbonyl (C=O) groups is 2. The predicted molar refractivity (Wildman–Crippen MR) is 104 cm³/mol. The van der Waals surface area contributed by atoms with Gasteiger partial charge in [0.15, 0.2) is 4.80 Å². The molecule has 0 saturated carbocycles. The molecule has 0 unspecified atom stereocenters. The highest BCUT2D eigenvalue weighted by Crippen LogP contribution is 2.23. The van der Waals surface area contributed by atoms with Crippen LogP contribution in [0.4, 0.5) is 0 Å². The standard InChI is InChI=1S/C20H20N2O4S/c1-25-15-8-9-17-16(13-15)22(11-10-19(24)26-2)20(27-17)21-18(23)12-14-6-4-3-5-7-14/h3-9,13H,10-12H2,1-2H3. The number of carbonyl (C=O) groups excluding carboxylic acids is 2. The first kappa shape index (κ1) is 18.8. The summed E-state index contributed by atoms with van der Waals surface area (Å²) in [6.45, 7) is 0.372. The number of benzene rings is 2. The molecular weight excluding hydrogens is 364 g/mol. The molecule has 1 heterocycles. The van der Waals surface area contributed by atoms with Gasteiger partial charge in [-0.15, -0.1) is 0 Å². The SMILES string of the molecule is COC(=O)CCn1c(=NC(=O)Cc2ccccc2)sc2ccc(OC)cc21. The lowest BCUT2D eigenvalue weighted by atomic mass is 10.1. The molecule has 0 aliphatic carbocycles. The van der Waals surface area contributed by atoms with Crippen LogP contribution >= 0.6 is 11.3 Å². The van der Waals surface area contributed by atoms with E-state index in [-0.39, 0.29) is 24.7 Å². The van der Waals surface area contributed by atoms with E-state index in [9.17, 15) is 9.59 Å². The van der Waals surface area contributed by atoms with Gasteiger partial charge in [-0.25, -0.2) is 0 Å². The molecule has 0 N–H and O–H groups in total. The van der Waals surface area contributed by atoms with E-state index in [0.717, 1.165) is 15.8 Å². The third-order valence-electron chi connectivity index (χ3n) is 4.07. The fourth-order valence-electron chi connectivity index (χ4n) is 2.70. The Balaban J connectivity index is 1.99. The maximum Gasteiger partial charge on any atom is 0.307 e. The first-order valence-electron chi connectivity index (χ1n) is 8.46. The maximum atomic E-state index is 12.4. The zero-order valence-electron chi connectivity index (χ0n) is 15.2. The molecule has 3 aromatic rings. The number of nitrogens with zero attached hydrogens (tertiary/aromatic N) is 2. The second kappa shape index (κ2) is 8.64. The lowest BCUT2D eigenvalue weighted by Gasteiger charge is -2.06. The molecule has 0 fully saturated rings. The molecule has 0 saturated heterocycles. The van der Waals surface area contributed by atoms with Gasteiger partial charge in [-0.3, -0.25) is 9.59 Å². The number of hydrogen-bond acceptors (Lipinski definition) is 5. The number of thiazole rings is 1. The second-order valence-electron chi connectivity index (χ2n) is 5.86. The van der Waals surface area contributed by atoms with Gasteiger partial charge < -0.3 is 14.0 Å². The molecule has 0 radical (unpaired) electrons. The Morgan fingerprint density at radius 1 is 1.11 bits per heavy atom. The van der Waals surface area contributed by atoms with E-state index in [1.54, 1.807) is 7.11 Å². The summed E-state index contributed by atoms with van der Waals surface area (Å²) in [6.07, 6.45) is 0.426. The number of ether oxygens (including phenoxy) is 2. The van der Waals surface area contributed by atoms with Gasteiger partial charge in [0.2, 0.25) is 0 Å². The van der Waals surface area contributed by atoms with Crippen LogP contribution in [0.5, 0.6) is 5.75 Å². The molecule has 1 aromatic heterocycles. The molecule has 27 heavy (non-hydrogen) atoms. The average Bonchev–Trinajstić information content (AvgIpc) is 3.02. The smallest absolute Gasteiger partial charge is 0.307 e. The normalized spacial score (nSPS) is 11.6. The summed E-state index contributed by atoms with van der Waals surface area (Å²) in [7, 11) is 2.96. The van der Waals surface area contributed by atoms with Gasteiger partial charge in [0, 0.05) is 12.6 Å². The molecule has 0 spiro atoms. The van der Waals surface area contributed by atoms with Gasteiger partial charge in [-0.05, 0) is 17.7 Å². The third kappa shape index (κ3) is 4.62.